The Morgan fingerprint density at radius 2 is 1.54 bits per heavy atom. The smallest absolute Gasteiger partial charge is 0.262 e. The molecule has 0 radical (unpaired) electrons. The number of para-hydroxylation sites is 1. The summed E-state index contributed by atoms with van der Waals surface area (Å²) in [5, 5.41) is 1.39. The minimum absolute atomic E-state index is 0.00104. The number of thioether (sulfide) groups is 1. The molecule has 3 nitrogen and oxygen atoms in total. The number of nitrogens with zero attached hydrogens (tertiary/aromatic N) is 2. The highest BCUT2D eigenvalue weighted by atomic mass is 32.2. The maximum Gasteiger partial charge on any atom is 0.262 e. The van der Waals surface area contributed by atoms with E-state index in [1.54, 1.807) is 16.3 Å². The van der Waals surface area contributed by atoms with Gasteiger partial charge >= 0.3 is 0 Å². The average Bonchev–Trinajstić information content (AvgIpc) is 2.75. The van der Waals surface area contributed by atoms with E-state index >= 15 is 0 Å². The van der Waals surface area contributed by atoms with Crippen LogP contribution < -0.4 is 5.56 Å². The third kappa shape index (κ3) is 4.24. The van der Waals surface area contributed by atoms with Crippen molar-refractivity contribution in [1.29, 1.82) is 0 Å². The normalized spacial score (nSPS) is 11.3. The van der Waals surface area contributed by atoms with Crippen LogP contribution in [-0.4, -0.2) is 9.55 Å². The zero-order valence-electron chi connectivity index (χ0n) is 15.4. The predicted molar refractivity (Wildman–Crippen MR) is 117 cm³/mol. The Kier molecular flexibility index (Phi) is 5.69. The van der Waals surface area contributed by atoms with Crippen molar-refractivity contribution in [2.75, 3.05) is 0 Å². The van der Waals surface area contributed by atoms with Gasteiger partial charge in [0.15, 0.2) is 5.16 Å². The summed E-state index contributed by atoms with van der Waals surface area (Å²) in [5.74, 6) is 0.772. The Labute approximate surface area is 168 Å². The van der Waals surface area contributed by atoms with Gasteiger partial charge in [-0.05, 0) is 23.3 Å². The lowest BCUT2D eigenvalue weighted by atomic mass is 10.2. The molecule has 0 N–H and O–H groups in total. The lowest BCUT2D eigenvalue weighted by Crippen LogP contribution is -2.22. The van der Waals surface area contributed by atoms with E-state index in [4.69, 9.17) is 4.98 Å². The Morgan fingerprint density at radius 3 is 2.32 bits per heavy atom. The molecule has 0 saturated heterocycles. The zero-order valence-corrected chi connectivity index (χ0v) is 16.2. The van der Waals surface area contributed by atoms with Gasteiger partial charge in [0.25, 0.3) is 5.56 Å². The number of hydrogen-bond acceptors (Lipinski definition) is 3. The summed E-state index contributed by atoms with van der Waals surface area (Å²) in [5.41, 5.74) is 3.06. The summed E-state index contributed by atoms with van der Waals surface area (Å²) in [6.07, 6.45) is 4.05. The largest absolute Gasteiger partial charge is 0.283 e. The number of benzene rings is 3. The molecule has 1 heterocycles. The SMILES string of the molecule is O=c1c2ccccc2nc(SCc2ccccc2)n1CC=Cc1ccccc1. The van der Waals surface area contributed by atoms with Crippen molar-refractivity contribution in [1.82, 2.24) is 9.55 Å². The molecular formula is C24H20N2OS. The highest BCUT2D eigenvalue weighted by Gasteiger charge is 2.10. The van der Waals surface area contributed by atoms with E-state index in [1.165, 1.54) is 5.56 Å². The van der Waals surface area contributed by atoms with Gasteiger partial charge in [-0.15, -0.1) is 0 Å². The first-order chi connectivity index (χ1) is 13.8. The fourth-order valence-corrected chi connectivity index (χ4v) is 3.96. The van der Waals surface area contributed by atoms with Crippen LogP contribution in [0.15, 0.2) is 101 Å². The summed E-state index contributed by atoms with van der Waals surface area (Å²) in [7, 11) is 0. The molecular weight excluding hydrogens is 364 g/mol. The van der Waals surface area contributed by atoms with Crippen LogP contribution in [0, 0.1) is 0 Å². The zero-order chi connectivity index (χ0) is 19.2. The number of allylic oxidation sites excluding steroid dienone is 1. The van der Waals surface area contributed by atoms with Crippen molar-refractivity contribution in [3.8, 4) is 0 Å². The fraction of sp³-hybridized carbons (Fsp3) is 0.0833. The highest BCUT2D eigenvalue weighted by Crippen LogP contribution is 2.22. The van der Waals surface area contributed by atoms with Gasteiger partial charge in [-0.3, -0.25) is 9.36 Å². The molecule has 0 amide bonds. The number of fused-ring (bicyclic) bond motifs is 1. The Hall–Kier alpha value is -3.11. The van der Waals surface area contributed by atoms with Gasteiger partial charge < -0.3 is 0 Å². The van der Waals surface area contributed by atoms with Crippen molar-refractivity contribution in [2.24, 2.45) is 0 Å². The fourth-order valence-electron chi connectivity index (χ4n) is 3.00. The highest BCUT2D eigenvalue weighted by molar-refractivity contribution is 7.98. The van der Waals surface area contributed by atoms with Gasteiger partial charge in [0, 0.05) is 12.3 Å². The van der Waals surface area contributed by atoms with E-state index < -0.39 is 0 Å². The first-order valence-electron chi connectivity index (χ1n) is 9.19. The van der Waals surface area contributed by atoms with Crippen LogP contribution in [0.3, 0.4) is 0 Å². The van der Waals surface area contributed by atoms with Crippen molar-refractivity contribution in [3.05, 3.63) is 112 Å². The first kappa shape index (κ1) is 18.3. The quantitative estimate of drug-likeness (QED) is 0.330. The average molecular weight is 385 g/mol. The van der Waals surface area contributed by atoms with Crippen molar-refractivity contribution in [2.45, 2.75) is 17.5 Å². The number of rotatable bonds is 6. The summed E-state index contributed by atoms with van der Waals surface area (Å²) >= 11 is 1.59. The van der Waals surface area contributed by atoms with Gasteiger partial charge in [-0.2, -0.15) is 0 Å². The second kappa shape index (κ2) is 8.72. The second-order valence-corrected chi connectivity index (χ2v) is 7.36. The van der Waals surface area contributed by atoms with Crippen molar-refractivity contribution >= 4 is 28.7 Å². The van der Waals surface area contributed by atoms with Crippen molar-refractivity contribution < 1.29 is 0 Å². The molecule has 0 fully saturated rings. The predicted octanol–water partition coefficient (Wildman–Crippen LogP) is 5.40. The molecule has 0 aliphatic rings. The summed E-state index contributed by atoms with van der Waals surface area (Å²) in [6, 6.07) is 27.9. The third-order valence-corrected chi connectivity index (χ3v) is 5.48. The molecule has 0 spiro atoms. The Balaban J connectivity index is 1.66. The maximum atomic E-state index is 13.1. The molecule has 4 rings (SSSR count). The van der Waals surface area contributed by atoms with E-state index in [-0.39, 0.29) is 5.56 Å². The van der Waals surface area contributed by atoms with Crippen LogP contribution in [0.4, 0.5) is 0 Å². The Bertz CT molecular complexity index is 1150. The summed E-state index contributed by atoms with van der Waals surface area (Å²) in [6.45, 7) is 0.489. The van der Waals surface area contributed by atoms with E-state index in [2.05, 4.69) is 12.1 Å². The first-order valence-corrected chi connectivity index (χ1v) is 10.2. The second-order valence-electron chi connectivity index (χ2n) is 6.41. The molecule has 0 aliphatic carbocycles. The molecule has 0 aliphatic heterocycles. The van der Waals surface area contributed by atoms with Crippen LogP contribution in [0.2, 0.25) is 0 Å². The van der Waals surface area contributed by atoms with Crippen LogP contribution >= 0.6 is 11.8 Å². The van der Waals surface area contributed by atoms with Gasteiger partial charge in [0.05, 0.1) is 10.9 Å². The van der Waals surface area contributed by atoms with E-state index in [0.29, 0.717) is 11.9 Å². The van der Waals surface area contributed by atoms with Crippen molar-refractivity contribution in [3.63, 3.8) is 0 Å². The summed E-state index contributed by atoms with van der Waals surface area (Å²) in [4.78, 5) is 17.8. The molecule has 0 atom stereocenters. The van der Waals surface area contributed by atoms with Gasteiger partial charge in [-0.25, -0.2) is 4.98 Å². The van der Waals surface area contributed by atoms with Crippen LogP contribution in [0.5, 0.6) is 0 Å². The lowest BCUT2D eigenvalue weighted by Gasteiger charge is -2.11. The minimum Gasteiger partial charge on any atom is -0.283 e. The number of aromatic nitrogens is 2. The topological polar surface area (TPSA) is 34.9 Å². The molecule has 138 valence electrons. The Morgan fingerprint density at radius 1 is 0.857 bits per heavy atom. The van der Waals surface area contributed by atoms with E-state index in [1.807, 2.05) is 84.9 Å². The molecule has 0 saturated carbocycles. The van der Waals surface area contributed by atoms with Gasteiger partial charge in [0.1, 0.15) is 0 Å². The van der Waals surface area contributed by atoms with Crippen LogP contribution in [0.1, 0.15) is 11.1 Å². The van der Waals surface area contributed by atoms with E-state index in [0.717, 1.165) is 22.0 Å². The lowest BCUT2D eigenvalue weighted by molar-refractivity contribution is 0.672. The minimum atomic E-state index is -0.00104. The summed E-state index contributed by atoms with van der Waals surface area (Å²) < 4.78 is 1.76. The maximum absolute atomic E-state index is 13.1. The van der Waals surface area contributed by atoms with Crippen LogP contribution in [-0.2, 0) is 12.3 Å². The molecule has 28 heavy (non-hydrogen) atoms. The molecule has 3 aromatic carbocycles. The monoisotopic (exact) mass is 384 g/mol. The van der Waals surface area contributed by atoms with Crippen LogP contribution in [0.25, 0.3) is 17.0 Å². The van der Waals surface area contributed by atoms with Gasteiger partial charge in [-0.1, -0.05) is 96.7 Å². The van der Waals surface area contributed by atoms with E-state index in [9.17, 15) is 4.79 Å². The molecule has 1 aromatic heterocycles. The molecule has 4 aromatic rings. The number of hydrogen-bond donors (Lipinski definition) is 0. The molecule has 4 heteroatoms. The third-order valence-electron chi connectivity index (χ3n) is 4.44. The van der Waals surface area contributed by atoms with Gasteiger partial charge in [0.2, 0.25) is 0 Å². The standard InChI is InChI=1S/C24H20N2OS/c27-23-21-15-7-8-16-22(21)25-24(28-18-20-12-5-2-6-13-20)26(23)17-9-14-19-10-3-1-4-11-19/h1-16H,17-18H2. The molecule has 0 unspecified atom stereocenters. The molecule has 0 bridgehead atoms.